The number of nitrogens with one attached hydrogen (secondary N) is 2. The van der Waals surface area contributed by atoms with Gasteiger partial charge in [0, 0.05) is 35.1 Å². The van der Waals surface area contributed by atoms with Gasteiger partial charge in [-0.2, -0.15) is 0 Å². The first kappa shape index (κ1) is 13.9. The third-order valence-electron chi connectivity index (χ3n) is 4.56. The number of para-hydroxylation sites is 1. The molecule has 0 aromatic heterocycles. The molecule has 0 saturated heterocycles. The van der Waals surface area contributed by atoms with Crippen molar-refractivity contribution in [2.24, 2.45) is 0 Å². The largest absolute Gasteiger partial charge is 0.381 e. The summed E-state index contributed by atoms with van der Waals surface area (Å²) in [7, 11) is 0. The maximum Gasteiger partial charge on any atom is 0.0443 e. The fraction of sp³-hybridized carbons (Fsp3) is 0.143. The third-order valence-corrected chi connectivity index (χ3v) is 4.56. The molecule has 2 nitrogen and oxygen atoms in total. The van der Waals surface area contributed by atoms with Crippen LogP contribution in [0.15, 0.2) is 72.8 Å². The second kappa shape index (κ2) is 5.81. The molecule has 1 aliphatic rings. The Bertz CT molecular complexity index is 824. The molecule has 3 aromatic carbocycles. The molecule has 0 saturated carbocycles. The SMILES string of the molecule is CC1c2ccccc2Nc2cccc(NCc3ccccc3)c21. The lowest BCUT2D eigenvalue weighted by Crippen LogP contribution is -2.13. The maximum absolute atomic E-state index is 3.61. The summed E-state index contributed by atoms with van der Waals surface area (Å²) in [6, 6.07) is 25.5. The summed E-state index contributed by atoms with van der Waals surface area (Å²) in [5.41, 5.74) is 7.63. The van der Waals surface area contributed by atoms with Crippen LogP contribution in [0.25, 0.3) is 0 Å². The second-order valence-electron chi connectivity index (χ2n) is 6.04. The summed E-state index contributed by atoms with van der Waals surface area (Å²) in [4.78, 5) is 0. The molecule has 1 aliphatic heterocycles. The van der Waals surface area contributed by atoms with E-state index in [1.54, 1.807) is 0 Å². The molecule has 0 spiro atoms. The summed E-state index contributed by atoms with van der Waals surface area (Å²) >= 11 is 0. The number of hydrogen-bond donors (Lipinski definition) is 2. The van der Waals surface area contributed by atoms with E-state index in [2.05, 4.69) is 90.4 Å². The van der Waals surface area contributed by atoms with Gasteiger partial charge in [-0.25, -0.2) is 0 Å². The molecule has 0 radical (unpaired) electrons. The van der Waals surface area contributed by atoms with Crippen molar-refractivity contribution < 1.29 is 0 Å². The zero-order chi connectivity index (χ0) is 15.6. The van der Waals surface area contributed by atoms with Crippen molar-refractivity contribution in [1.82, 2.24) is 0 Å². The Morgan fingerprint density at radius 3 is 2.43 bits per heavy atom. The van der Waals surface area contributed by atoms with Gasteiger partial charge in [0.05, 0.1) is 0 Å². The van der Waals surface area contributed by atoms with Crippen LogP contribution in [0.4, 0.5) is 17.1 Å². The lowest BCUT2D eigenvalue weighted by molar-refractivity contribution is 0.909. The normalized spacial score (nSPS) is 15.3. The molecule has 2 N–H and O–H groups in total. The van der Waals surface area contributed by atoms with Crippen molar-refractivity contribution in [2.45, 2.75) is 19.4 Å². The molecular weight excluding hydrogens is 280 g/mol. The summed E-state index contributed by atoms with van der Waals surface area (Å²) in [6.07, 6.45) is 0. The van der Waals surface area contributed by atoms with E-state index >= 15 is 0 Å². The monoisotopic (exact) mass is 300 g/mol. The van der Waals surface area contributed by atoms with Gasteiger partial charge in [-0.05, 0) is 29.3 Å². The topological polar surface area (TPSA) is 24.1 Å². The van der Waals surface area contributed by atoms with Crippen LogP contribution in [0.1, 0.15) is 29.5 Å². The van der Waals surface area contributed by atoms with Crippen molar-refractivity contribution >= 4 is 17.1 Å². The molecule has 3 aromatic rings. The fourth-order valence-electron chi connectivity index (χ4n) is 3.38. The lowest BCUT2D eigenvalue weighted by Gasteiger charge is -2.29. The summed E-state index contributed by atoms with van der Waals surface area (Å²) < 4.78 is 0. The van der Waals surface area contributed by atoms with Crippen LogP contribution in [0.5, 0.6) is 0 Å². The Balaban J connectivity index is 1.66. The average Bonchev–Trinajstić information content (AvgIpc) is 2.61. The minimum atomic E-state index is 0.377. The number of rotatable bonds is 3. The maximum atomic E-state index is 3.61. The van der Waals surface area contributed by atoms with Crippen LogP contribution in [0, 0.1) is 0 Å². The first-order chi connectivity index (χ1) is 11.3. The summed E-state index contributed by atoms with van der Waals surface area (Å²) in [6.45, 7) is 3.12. The van der Waals surface area contributed by atoms with E-state index in [0.717, 1.165) is 6.54 Å². The van der Waals surface area contributed by atoms with Gasteiger partial charge in [0.15, 0.2) is 0 Å². The first-order valence-electron chi connectivity index (χ1n) is 8.09. The van der Waals surface area contributed by atoms with Crippen LogP contribution in [0.3, 0.4) is 0 Å². The van der Waals surface area contributed by atoms with Crippen molar-refractivity contribution in [2.75, 3.05) is 10.6 Å². The summed E-state index contributed by atoms with van der Waals surface area (Å²) in [5.74, 6) is 0.377. The van der Waals surface area contributed by atoms with Crippen LogP contribution >= 0.6 is 0 Å². The predicted octanol–water partition coefficient (Wildman–Crippen LogP) is 5.51. The van der Waals surface area contributed by atoms with Gasteiger partial charge < -0.3 is 10.6 Å². The van der Waals surface area contributed by atoms with Gasteiger partial charge in [-0.3, -0.25) is 0 Å². The zero-order valence-corrected chi connectivity index (χ0v) is 13.2. The van der Waals surface area contributed by atoms with E-state index in [-0.39, 0.29) is 0 Å². The molecule has 0 bridgehead atoms. The average molecular weight is 300 g/mol. The molecule has 23 heavy (non-hydrogen) atoms. The van der Waals surface area contributed by atoms with Gasteiger partial charge in [-0.1, -0.05) is 61.5 Å². The van der Waals surface area contributed by atoms with E-state index in [1.807, 2.05) is 0 Å². The Labute approximate surface area is 137 Å². The number of benzene rings is 3. The Kier molecular flexibility index (Phi) is 3.51. The lowest BCUT2D eigenvalue weighted by atomic mass is 9.86. The molecule has 0 amide bonds. The second-order valence-corrected chi connectivity index (χ2v) is 6.04. The molecule has 114 valence electrons. The van der Waals surface area contributed by atoms with Gasteiger partial charge in [-0.15, -0.1) is 0 Å². The number of fused-ring (bicyclic) bond motifs is 2. The van der Waals surface area contributed by atoms with Crippen LogP contribution in [0.2, 0.25) is 0 Å². The Hall–Kier alpha value is -2.74. The highest BCUT2D eigenvalue weighted by Gasteiger charge is 2.24. The van der Waals surface area contributed by atoms with Crippen molar-refractivity contribution in [3.8, 4) is 0 Å². The first-order valence-corrected chi connectivity index (χ1v) is 8.09. The van der Waals surface area contributed by atoms with Crippen molar-refractivity contribution in [3.63, 3.8) is 0 Å². The van der Waals surface area contributed by atoms with E-state index in [9.17, 15) is 0 Å². The molecule has 0 aliphatic carbocycles. The summed E-state index contributed by atoms with van der Waals surface area (Å²) in [5, 5.41) is 7.18. The number of anilines is 3. The van der Waals surface area contributed by atoms with Crippen molar-refractivity contribution in [3.05, 3.63) is 89.5 Å². The molecular formula is C21H20N2. The minimum Gasteiger partial charge on any atom is -0.381 e. The molecule has 1 unspecified atom stereocenters. The highest BCUT2D eigenvalue weighted by atomic mass is 14.9. The van der Waals surface area contributed by atoms with Crippen molar-refractivity contribution in [1.29, 1.82) is 0 Å². The van der Waals surface area contributed by atoms with Gasteiger partial charge in [0.1, 0.15) is 0 Å². The highest BCUT2D eigenvalue weighted by Crippen LogP contribution is 2.44. The predicted molar refractivity (Wildman–Crippen MR) is 97.5 cm³/mol. The van der Waals surface area contributed by atoms with Gasteiger partial charge in [0.2, 0.25) is 0 Å². The van der Waals surface area contributed by atoms with E-state index in [0.29, 0.717) is 5.92 Å². The molecule has 0 fully saturated rings. The highest BCUT2D eigenvalue weighted by molar-refractivity contribution is 5.79. The zero-order valence-electron chi connectivity index (χ0n) is 13.2. The third kappa shape index (κ3) is 2.57. The van der Waals surface area contributed by atoms with Crippen LogP contribution < -0.4 is 10.6 Å². The van der Waals surface area contributed by atoms with E-state index in [1.165, 1.54) is 33.8 Å². The molecule has 1 atom stereocenters. The molecule has 2 heteroatoms. The minimum absolute atomic E-state index is 0.377. The Morgan fingerprint density at radius 2 is 1.57 bits per heavy atom. The van der Waals surface area contributed by atoms with Crippen LogP contribution in [-0.2, 0) is 6.54 Å². The van der Waals surface area contributed by atoms with Crippen LogP contribution in [-0.4, -0.2) is 0 Å². The van der Waals surface area contributed by atoms with Gasteiger partial charge >= 0.3 is 0 Å². The smallest absolute Gasteiger partial charge is 0.0443 e. The quantitative estimate of drug-likeness (QED) is 0.666. The fourth-order valence-corrected chi connectivity index (χ4v) is 3.38. The van der Waals surface area contributed by atoms with Gasteiger partial charge in [0.25, 0.3) is 0 Å². The van der Waals surface area contributed by atoms with E-state index < -0.39 is 0 Å². The standard InChI is InChI=1S/C21H20N2/c1-15-17-10-5-6-11-18(17)23-20-13-7-12-19(21(15)20)22-14-16-8-3-2-4-9-16/h2-13,15,22-23H,14H2,1H3. The Morgan fingerprint density at radius 1 is 0.826 bits per heavy atom. The molecule has 4 rings (SSSR count). The molecule has 1 heterocycles. The van der Waals surface area contributed by atoms with E-state index in [4.69, 9.17) is 0 Å². The number of hydrogen-bond acceptors (Lipinski definition) is 2.